The summed E-state index contributed by atoms with van der Waals surface area (Å²) in [6.45, 7) is 6.92. The van der Waals surface area contributed by atoms with Crippen molar-refractivity contribution in [2.75, 3.05) is 26.3 Å². The van der Waals surface area contributed by atoms with Crippen LogP contribution in [0.4, 0.5) is 0 Å². The van der Waals surface area contributed by atoms with Crippen LogP contribution in [-0.4, -0.2) is 53.6 Å². The zero-order chi connectivity index (χ0) is 21.6. The standard InChI is InChI=1S/C22H26N4O4S/c1-15(2)13-26-19-12-23-7-5-18(19)24-22(26)16-6-8-25(14-16)31(27,28)17-3-4-20-21(11-17)30-10-9-29-20/h3-5,7,11-12,15-16H,6,8-10,13-14H2,1-2H3/t16-/m1/s1. The molecule has 0 bridgehead atoms. The second-order valence-corrected chi connectivity index (χ2v) is 10.4. The monoisotopic (exact) mass is 442 g/mol. The van der Waals surface area contributed by atoms with Crippen molar-refractivity contribution in [3.8, 4) is 11.5 Å². The van der Waals surface area contributed by atoms with Crippen molar-refractivity contribution in [3.63, 3.8) is 0 Å². The third kappa shape index (κ3) is 3.65. The first-order valence-corrected chi connectivity index (χ1v) is 12.1. The number of fused-ring (bicyclic) bond motifs is 2. The molecule has 1 atom stereocenters. The first-order chi connectivity index (χ1) is 14.9. The molecule has 31 heavy (non-hydrogen) atoms. The van der Waals surface area contributed by atoms with Crippen LogP contribution in [0, 0.1) is 5.92 Å². The zero-order valence-electron chi connectivity index (χ0n) is 17.7. The quantitative estimate of drug-likeness (QED) is 0.604. The van der Waals surface area contributed by atoms with E-state index in [0.29, 0.717) is 43.7 Å². The van der Waals surface area contributed by atoms with Gasteiger partial charge in [-0.3, -0.25) is 4.98 Å². The van der Waals surface area contributed by atoms with Crippen LogP contribution in [0.1, 0.15) is 32.0 Å². The Labute approximate surface area is 181 Å². The van der Waals surface area contributed by atoms with Crippen LogP contribution in [0.2, 0.25) is 0 Å². The molecule has 8 nitrogen and oxygen atoms in total. The highest BCUT2D eigenvalue weighted by Crippen LogP contribution is 2.36. The van der Waals surface area contributed by atoms with Crippen molar-refractivity contribution in [3.05, 3.63) is 42.5 Å². The molecule has 0 radical (unpaired) electrons. The number of benzene rings is 1. The van der Waals surface area contributed by atoms with Gasteiger partial charge in [0.05, 0.1) is 22.1 Å². The van der Waals surface area contributed by atoms with E-state index in [4.69, 9.17) is 14.5 Å². The predicted octanol–water partition coefficient (Wildman–Crippen LogP) is 3.04. The second kappa shape index (κ2) is 7.80. The second-order valence-electron chi connectivity index (χ2n) is 8.49. The lowest BCUT2D eigenvalue weighted by atomic mass is 10.1. The summed E-state index contributed by atoms with van der Waals surface area (Å²) in [5.41, 5.74) is 1.90. The summed E-state index contributed by atoms with van der Waals surface area (Å²) in [7, 11) is -3.63. The molecule has 0 amide bonds. The Morgan fingerprint density at radius 3 is 2.77 bits per heavy atom. The number of imidazole rings is 1. The van der Waals surface area contributed by atoms with E-state index >= 15 is 0 Å². The molecule has 2 aromatic heterocycles. The van der Waals surface area contributed by atoms with Gasteiger partial charge in [-0.15, -0.1) is 0 Å². The van der Waals surface area contributed by atoms with E-state index in [0.717, 1.165) is 29.8 Å². The molecule has 0 aliphatic carbocycles. The average molecular weight is 443 g/mol. The van der Waals surface area contributed by atoms with Crippen LogP contribution < -0.4 is 9.47 Å². The number of aromatic nitrogens is 3. The molecule has 4 heterocycles. The van der Waals surface area contributed by atoms with Crippen LogP contribution in [0.15, 0.2) is 41.6 Å². The Morgan fingerprint density at radius 1 is 1.16 bits per heavy atom. The summed E-state index contributed by atoms with van der Waals surface area (Å²) in [4.78, 5) is 9.35. The smallest absolute Gasteiger partial charge is 0.243 e. The maximum atomic E-state index is 13.3. The molecule has 1 fully saturated rings. The Balaban J connectivity index is 1.44. The largest absolute Gasteiger partial charge is 0.486 e. The number of rotatable bonds is 5. The summed E-state index contributed by atoms with van der Waals surface area (Å²) >= 11 is 0. The molecule has 9 heteroatoms. The lowest BCUT2D eigenvalue weighted by Crippen LogP contribution is -2.29. The van der Waals surface area contributed by atoms with E-state index in [9.17, 15) is 8.42 Å². The molecule has 0 unspecified atom stereocenters. The van der Waals surface area contributed by atoms with Gasteiger partial charge in [-0.25, -0.2) is 13.4 Å². The molecule has 0 spiro atoms. The van der Waals surface area contributed by atoms with Gasteiger partial charge in [0.1, 0.15) is 19.0 Å². The van der Waals surface area contributed by atoms with Gasteiger partial charge in [-0.1, -0.05) is 13.8 Å². The Bertz CT molecular complexity index is 1220. The fourth-order valence-electron chi connectivity index (χ4n) is 4.35. The van der Waals surface area contributed by atoms with Crippen molar-refractivity contribution in [1.82, 2.24) is 18.8 Å². The summed E-state index contributed by atoms with van der Waals surface area (Å²) in [6, 6.07) is 6.74. The number of nitrogens with zero attached hydrogens (tertiary/aromatic N) is 4. The van der Waals surface area contributed by atoms with Gasteiger partial charge in [0.2, 0.25) is 10.0 Å². The van der Waals surface area contributed by atoms with Gasteiger partial charge in [0.15, 0.2) is 11.5 Å². The summed E-state index contributed by atoms with van der Waals surface area (Å²) in [6.07, 6.45) is 4.32. The highest BCUT2D eigenvalue weighted by molar-refractivity contribution is 7.89. The molecule has 5 rings (SSSR count). The van der Waals surface area contributed by atoms with Crippen LogP contribution in [0.25, 0.3) is 11.0 Å². The highest BCUT2D eigenvalue weighted by atomic mass is 32.2. The molecular formula is C22H26N4O4S. The molecule has 2 aliphatic rings. The topological polar surface area (TPSA) is 86.6 Å². The fraction of sp³-hybridized carbons (Fsp3) is 0.455. The number of sulfonamides is 1. The van der Waals surface area contributed by atoms with Crippen LogP contribution in [-0.2, 0) is 16.6 Å². The molecule has 0 saturated carbocycles. The Morgan fingerprint density at radius 2 is 1.97 bits per heavy atom. The van der Waals surface area contributed by atoms with E-state index in [1.54, 1.807) is 28.7 Å². The average Bonchev–Trinajstić information content (AvgIpc) is 3.39. The number of hydrogen-bond donors (Lipinski definition) is 0. The minimum atomic E-state index is -3.63. The Hall–Kier alpha value is -2.65. The maximum Gasteiger partial charge on any atom is 0.243 e. The predicted molar refractivity (Wildman–Crippen MR) is 116 cm³/mol. The molecule has 0 N–H and O–H groups in total. The van der Waals surface area contributed by atoms with Crippen LogP contribution >= 0.6 is 0 Å². The van der Waals surface area contributed by atoms with E-state index in [2.05, 4.69) is 23.4 Å². The van der Waals surface area contributed by atoms with Crippen molar-refractivity contribution in [2.24, 2.45) is 5.92 Å². The maximum absolute atomic E-state index is 13.3. The normalized spacial score (nSPS) is 19.4. The first-order valence-electron chi connectivity index (χ1n) is 10.6. The number of ether oxygens (including phenoxy) is 2. The van der Waals surface area contributed by atoms with Gasteiger partial charge < -0.3 is 14.0 Å². The summed E-state index contributed by atoms with van der Waals surface area (Å²) < 4.78 is 41.5. The Kier molecular flexibility index (Phi) is 5.10. The van der Waals surface area contributed by atoms with Gasteiger partial charge >= 0.3 is 0 Å². The van der Waals surface area contributed by atoms with Crippen molar-refractivity contribution < 1.29 is 17.9 Å². The van der Waals surface area contributed by atoms with E-state index in [-0.39, 0.29) is 10.8 Å². The minimum absolute atomic E-state index is 0.0399. The summed E-state index contributed by atoms with van der Waals surface area (Å²) in [5, 5.41) is 0. The molecule has 1 saturated heterocycles. The number of pyridine rings is 1. The van der Waals surface area contributed by atoms with E-state index in [1.807, 2.05) is 12.3 Å². The van der Waals surface area contributed by atoms with Crippen LogP contribution in [0.3, 0.4) is 0 Å². The van der Waals surface area contributed by atoms with Crippen LogP contribution in [0.5, 0.6) is 11.5 Å². The zero-order valence-corrected chi connectivity index (χ0v) is 18.5. The molecular weight excluding hydrogens is 416 g/mol. The molecule has 1 aromatic carbocycles. The molecule has 2 aliphatic heterocycles. The summed E-state index contributed by atoms with van der Waals surface area (Å²) in [5.74, 6) is 2.49. The third-order valence-electron chi connectivity index (χ3n) is 5.80. The van der Waals surface area contributed by atoms with E-state index in [1.165, 1.54) is 0 Å². The third-order valence-corrected chi connectivity index (χ3v) is 7.66. The van der Waals surface area contributed by atoms with Crippen molar-refractivity contribution >= 4 is 21.1 Å². The highest BCUT2D eigenvalue weighted by Gasteiger charge is 2.36. The first kappa shape index (κ1) is 20.3. The molecule has 164 valence electrons. The van der Waals surface area contributed by atoms with Gasteiger partial charge in [0.25, 0.3) is 0 Å². The van der Waals surface area contributed by atoms with E-state index < -0.39 is 10.0 Å². The minimum Gasteiger partial charge on any atom is -0.486 e. The number of hydrogen-bond acceptors (Lipinski definition) is 6. The van der Waals surface area contributed by atoms with Gasteiger partial charge in [0, 0.05) is 37.8 Å². The van der Waals surface area contributed by atoms with Gasteiger partial charge in [-0.05, 0) is 30.5 Å². The fourth-order valence-corrected chi connectivity index (χ4v) is 5.86. The lowest BCUT2D eigenvalue weighted by Gasteiger charge is -2.21. The van der Waals surface area contributed by atoms with Crippen molar-refractivity contribution in [2.45, 2.75) is 37.6 Å². The molecule has 3 aromatic rings. The van der Waals surface area contributed by atoms with Crippen molar-refractivity contribution in [1.29, 1.82) is 0 Å². The van der Waals surface area contributed by atoms with Gasteiger partial charge in [-0.2, -0.15) is 4.31 Å². The SMILES string of the molecule is CC(C)Cn1c([C@@H]2CCN(S(=O)(=O)c3ccc4c(c3)OCCO4)C2)nc2ccncc21. The lowest BCUT2D eigenvalue weighted by molar-refractivity contribution is 0.171.